The summed E-state index contributed by atoms with van der Waals surface area (Å²) in [5.41, 5.74) is 2.84. The fourth-order valence-electron chi connectivity index (χ4n) is 2.70. The lowest BCUT2D eigenvalue weighted by Crippen LogP contribution is -2.43. The molecule has 0 atom stereocenters. The van der Waals surface area contributed by atoms with Gasteiger partial charge in [-0.1, -0.05) is 30.3 Å². The molecule has 2 N–H and O–H groups in total. The number of halogens is 1. The standard InChI is InChI=1S/C18H18FN3O2/c19-15-7-5-13(6-8-15)11-20-18(24)21-12-17(23)22-10-9-14-3-1-2-4-16(14)22/h1-8H,9-12H2,(H2,20,21,24). The molecule has 0 aliphatic carbocycles. The first-order valence-corrected chi connectivity index (χ1v) is 7.78. The first kappa shape index (κ1) is 16.0. The lowest BCUT2D eigenvalue weighted by Gasteiger charge is -2.17. The highest BCUT2D eigenvalue weighted by molar-refractivity contribution is 5.98. The van der Waals surface area contributed by atoms with Crippen molar-refractivity contribution < 1.29 is 14.0 Å². The van der Waals surface area contributed by atoms with Crippen molar-refractivity contribution in [2.24, 2.45) is 0 Å². The number of urea groups is 1. The summed E-state index contributed by atoms with van der Waals surface area (Å²) in [5.74, 6) is -0.462. The van der Waals surface area contributed by atoms with Crippen LogP contribution in [0.5, 0.6) is 0 Å². The number of fused-ring (bicyclic) bond motifs is 1. The number of hydrogen-bond acceptors (Lipinski definition) is 2. The summed E-state index contributed by atoms with van der Waals surface area (Å²) in [6.07, 6.45) is 0.832. The Morgan fingerprint density at radius 2 is 1.79 bits per heavy atom. The zero-order chi connectivity index (χ0) is 16.9. The van der Waals surface area contributed by atoms with Crippen LogP contribution in [0.3, 0.4) is 0 Å². The van der Waals surface area contributed by atoms with Crippen molar-refractivity contribution in [2.75, 3.05) is 18.0 Å². The molecule has 0 aromatic heterocycles. The third-order valence-corrected chi connectivity index (χ3v) is 3.95. The molecule has 6 heteroatoms. The number of anilines is 1. The Labute approximate surface area is 139 Å². The quantitative estimate of drug-likeness (QED) is 0.904. The molecule has 0 saturated heterocycles. The fraction of sp³-hybridized carbons (Fsp3) is 0.222. The maximum Gasteiger partial charge on any atom is 0.315 e. The van der Waals surface area contributed by atoms with Crippen molar-refractivity contribution in [3.63, 3.8) is 0 Å². The molecule has 3 amide bonds. The Hall–Kier alpha value is -2.89. The zero-order valence-corrected chi connectivity index (χ0v) is 13.1. The second-order valence-electron chi connectivity index (χ2n) is 5.59. The molecule has 1 aliphatic heterocycles. The van der Waals surface area contributed by atoms with Gasteiger partial charge in [-0.05, 0) is 35.7 Å². The third kappa shape index (κ3) is 3.71. The predicted molar refractivity (Wildman–Crippen MR) is 89.1 cm³/mol. The monoisotopic (exact) mass is 327 g/mol. The fourth-order valence-corrected chi connectivity index (χ4v) is 2.70. The number of amides is 3. The zero-order valence-electron chi connectivity index (χ0n) is 13.1. The van der Waals surface area contributed by atoms with Crippen molar-refractivity contribution in [2.45, 2.75) is 13.0 Å². The predicted octanol–water partition coefficient (Wildman–Crippen LogP) is 2.21. The minimum absolute atomic E-state index is 0.0659. The lowest BCUT2D eigenvalue weighted by molar-refractivity contribution is -0.117. The maximum absolute atomic E-state index is 12.8. The number of nitrogens with one attached hydrogen (secondary N) is 2. The summed E-state index contributed by atoms with van der Waals surface area (Å²) in [6, 6.07) is 13.2. The van der Waals surface area contributed by atoms with E-state index >= 15 is 0 Å². The SMILES string of the molecule is O=C(NCC(=O)N1CCc2ccccc21)NCc1ccc(F)cc1. The summed E-state index contributed by atoms with van der Waals surface area (Å²) in [6.45, 7) is 0.841. The van der Waals surface area contributed by atoms with Crippen LogP contribution in [0.2, 0.25) is 0 Å². The summed E-state index contributed by atoms with van der Waals surface area (Å²) in [7, 11) is 0. The number of carbonyl (C=O) groups is 2. The smallest absolute Gasteiger partial charge is 0.315 e. The number of nitrogens with zero attached hydrogens (tertiary/aromatic N) is 1. The van der Waals surface area contributed by atoms with Crippen LogP contribution in [0.25, 0.3) is 0 Å². The van der Waals surface area contributed by atoms with Crippen molar-refractivity contribution in [3.05, 3.63) is 65.5 Å². The Balaban J connectivity index is 1.46. The van der Waals surface area contributed by atoms with E-state index < -0.39 is 6.03 Å². The maximum atomic E-state index is 12.8. The minimum Gasteiger partial charge on any atom is -0.334 e. The van der Waals surface area contributed by atoms with E-state index in [-0.39, 0.29) is 24.8 Å². The normalized spacial score (nSPS) is 12.6. The van der Waals surface area contributed by atoms with Crippen LogP contribution in [-0.4, -0.2) is 25.0 Å². The summed E-state index contributed by atoms with van der Waals surface area (Å²) >= 11 is 0. The van der Waals surface area contributed by atoms with Crippen LogP contribution < -0.4 is 15.5 Å². The Morgan fingerprint density at radius 3 is 2.58 bits per heavy atom. The molecule has 5 nitrogen and oxygen atoms in total. The van der Waals surface area contributed by atoms with Crippen LogP contribution in [0.4, 0.5) is 14.9 Å². The van der Waals surface area contributed by atoms with Gasteiger partial charge in [0.25, 0.3) is 0 Å². The van der Waals surface area contributed by atoms with Gasteiger partial charge in [0.15, 0.2) is 0 Å². The summed E-state index contributed by atoms with van der Waals surface area (Å²) in [5, 5.41) is 5.20. The molecule has 0 fully saturated rings. The second-order valence-corrected chi connectivity index (χ2v) is 5.59. The van der Waals surface area contributed by atoms with E-state index in [0.29, 0.717) is 6.54 Å². The highest BCUT2D eigenvalue weighted by Gasteiger charge is 2.23. The van der Waals surface area contributed by atoms with Crippen LogP contribution in [0, 0.1) is 5.82 Å². The van der Waals surface area contributed by atoms with Gasteiger partial charge >= 0.3 is 6.03 Å². The van der Waals surface area contributed by atoms with E-state index in [0.717, 1.165) is 23.2 Å². The van der Waals surface area contributed by atoms with Crippen LogP contribution in [0.15, 0.2) is 48.5 Å². The van der Waals surface area contributed by atoms with Gasteiger partial charge in [0.05, 0.1) is 6.54 Å². The molecule has 0 bridgehead atoms. The molecule has 1 heterocycles. The van der Waals surface area contributed by atoms with E-state index in [1.807, 2.05) is 24.3 Å². The van der Waals surface area contributed by atoms with Crippen LogP contribution in [-0.2, 0) is 17.8 Å². The van der Waals surface area contributed by atoms with Gasteiger partial charge in [0.1, 0.15) is 5.82 Å². The molecular weight excluding hydrogens is 309 g/mol. The van der Waals surface area contributed by atoms with E-state index in [4.69, 9.17) is 0 Å². The highest BCUT2D eigenvalue weighted by atomic mass is 19.1. The first-order valence-electron chi connectivity index (χ1n) is 7.78. The Kier molecular flexibility index (Phi) is 4.74. The van der Waals surface area contributed by atoms with E-state index in [1.165, 1.54) is 12.1 Å². The molecule has 2 aromatic carbocycles. The molecule has 2 aromatic rings. The minimum atomic E-state index is -0.430. The molecule has 0 spiro atoms. The van der Waals surface area contributed by atoms with Crippen molar-refractivity contribution in [1.29, 1.82) is 0 Å². The number of benzene rings is 2. The Bertz CT molecular complexity index is 746. The average molecular weight is 327 g/mol. The molecule has 0 radical (unpaired) electrons. The second kappa shape index (κ2) is 7.12. The van der Waals surface area contributed by atoms with Crippen molar-refractivity contribution in [1.82, 2.24) is 10.6 Å². The van der Waals surface area contributed by atoms with Gasteiger partial charge in [0, 0.05) is 18.8 Å². The molecule has 1 aliphatic rings. The van der Waals surface area contributed by atoms with E-state index in [2.05, 4.69) is 10.6 Å². The van der Waals surface area contributed by atoms with Gasteiger partial charge in [-0.15, -0.1) is 0 Å². The van der Waals surface area contributed by atoms with Gasteiger partial charge in [-0.3, -0.25) is 4.79 Å². The number of hydrogen-bond donors (Lipinski definition) is 2. The molecule has 3 rings (SSSR count). The molecule has 0 unspecified atom stereocenters. The number of para-hydroxylation sites is 1. The highest BCUT2D eigenvalue weighted by Crippen LogP contribution is 2.27. The van der Waals surface area contributed by atoms with Gasteiger partial charge in [-0.25, -0.2) is 9.18 Å². The summed E-state index contributed by atoms with van der Waals surface area (Å²) in [4.78, 5) is 25.7. The third-order valence-electron chi connectivity index (χ3n) is 3.95. The molecular formula is C18H18FN3O2. The van der Waals surface area contributed by atoms with E-state index in [9.17, 15) is 14.0 Å². The number of carbonyl (C=O) groups excluding carboxylic acids is 2. The molecule has 124 valence electrons. The van der Waals surface area contributed by atoms with Crippen LogP contribution in [0.1, 0.15) is 11.1 Å². The average Bonchev–Trinajstić information content (AvgIpc) is 3.03. The number of rotatable bonds is 4. The first-order chi connectivity index (χ1) is 11.6. The van der Waals surface area contributed by atoms with Crippen molar-refractivity contribution >= 4 is 17.6 Å². The molecule has 24 heavy (non-hydrogen) atoms. The summed E-state index contributed by atoms with van der Waals surface area (Å²) < 4.78 is 12.8. The molecule has 0 saturated carbocycles. The Morgan fingerprint density at radius 1 is 1.04 bits per heavy atom. The van der Waals surface area contributed by atoms with E-state index in [1.54, 1.807) is 17.0 Å². The van der Waals surface area contributed by atoms with Gasteiger partial charge < -0.3 is 15.5 Å². The van der Waals surface area contributed by atoms with Gasteiger partial charge in [0.2, 0.25) is 5.91 Å². The lowest BCUT2D eigenvalue weighted by atomic mass is 10.2. The van der Waals surface area contributed by atoms with Crippen molar-refractivity contribution in [3.8, 4) is 0 Å². The largest absolute Gasteiger partial charge is 0.334 e. The topological polar surface area (TPSA) is 61.4 Å². The van der Waals surface area contributed by atoms with Crippen LogP contribution >= 0.6 is 0 Å². The van der Waals surface area contributed by atoms with Gasteiger partial charge in [-0.2, -0.15) is 0 Å².